The second-order valence-electron chi connectivity index (χ2n) is 6.60. The highest BCUT2D eigenvalue weighted by Gasteiger charge is 2.31. The number of benzene rings is 1. The molecule has 0 aliphatic carbocycles. The van der Waals surface area contributed by atoms with Gasteiger partial charge in [-0.2, -0.15) is 4.31 Å². The summed E-state index contributed by atoms with van der Waals surface area (Å²) in [5.41, 5.74) is -0.0815. The van der Waals surface area contributed by atoms with Gasteiger partial charge in [0.1, 0.15) is 4.90 Å². The Labute approximate surface area is 174 Å². The molecule has 0 saturated carbocycles. The van der Waals surface area contributed by atoms with E-state index in [2.05, 4.69) is 4.74 Å². The van der Waals surface area contributed by atoms with E-state index in [1.807, 2.05) is 12.2 Å². The van der Waals surface area contributed by atoms with Gasteiger partial charge in [-0.15, -0.1) is 0 Å². The highest BCUT2D eigenvalue weighted by Crippen LogP contribution is 2.29. The molecule has 0 bridgehead atoms. The van der Waals surface area contributed by atoms with E-state index < -0.39 is 34.6 Å². The number of imide groups is 1. The third kappa shape index (κ3) is 6.15. The van der Waals surface area contributed by atoms with Crippen LogP contribution in [0.25, 0.3) is 0 Å². The van der Waals surface area contributed by atoms with Crippen LogP contribution in [0.4, 0.5) is 4.79 Å². The fourth-order valence-electron chi connectivity index (χ4n) is 2.86. The Morgan fingerprint density at radius 2 is 2.00 bits per heavy atom. The molecule has 2 rings (SSSR count). The predicted octanol–water partition coefficient (Wildman–Crippen LogP) is 2.19. The van der Waals surface area contributed by atoms with Crippen LogP contribution in [0.1, 0.15) is 37.0 Å². The molecule has 0 aromatic heterocycles. The van der Waals surface area contributed by atoms with Crippen molar-refractivity contribution in [2.75, 3.05) is 26.3 Å². The van der Waals surface area contributed by atoms with E-state index in [9.17, 15) is 22.8 Å². The lowest BCUT2D eigenvalue weighted by Crippen LogP contribution is -2.39. The van der Waals surface area contributed by atoms with Crippen LogP contribution in [0.2, 0.25) is 5.02 Å². The molecule has 0 spiro atoms. The number of esters is 1. The number of piperidine rings is 1. The van der Waals surface area contributed by atoms with E-state index >= 15 is 0 Å². The summed E-state index contributed by atoms with van der Waals surface area (Å²) in [4.78, 5) is 34.7. The Bertz CT molecular complexity index is 888. The Kier molecular flexibility index (Phi) is 8.00. The molecule has 2 amide bonds. The first-order valence-electron chi connectivity index (χ1n) is 9.08. The van der Waals surface area contributed by atoms with Crippen LogP contribution < -0.4 is 5.32 Å². The minimum Gasteiger partial charge on any atom is -0.452 e. The summed E-state index contributed by atoms with van der Waals surface area (Å²) in [6.07, 6.45) is 0.735. The molecule has 0 radical (unpaired) electrons. The van der Waals surface area contributed by atoms with Crippen LogP contribution in [0.5, 0.6) is 0 Å². The Hall–Kier alpha value is -2.17. The number of hydrogen-bond donors (Lipinski definition) is 1. The predicted molar refractivity (Wildman–Crippen MR) is 104 cm³/mol. The summed E-state index contributed by atoms with van der Waals surface area (Å²) in [5, 5.41) is 1.86. The zero-order chi connectivity index (χ0) is 21.6. The van der Waals surface area contributed by atoms with Gasteiger partial charge in [0.05, 0.1) is 17.2 Å². The fourth-order valence-corrected chi connectivity index (χ4v) is 4.96. The van der Waals surface area contributed by atoms with Gasteiger partial charge in [0.2, 0.25) is 10.0 Å². The van der Waals surface area contributed by atoms with Crippen molar-refractivity contribution in [1.29, 1.82) is 0 Å². The number of ether oxygens (including phenoxy) is 2. The number of carbonyl (C=O) groups is 3. The van der Waals surface area contributed by atoms with Crippen molar-refractivity contribution in [3.8, 4) is 0 Å². The van der Waals surface area contributed by atoms with Gasteiger partial charge in [-0.05, 0) is 43.9 Å². The van der Waals surface area contributed by atoms with Crippen molar-refractivity contribution in [3.05, 3.63) is 28.8 Å². The highest BCUT2D eigenvalue weighted by atomic mass is 35.5. The third-order valence-electron chi connectivity index (χ3n) is 4.26. The molecule has 1 aliphatic heterocycles. The first-order valence-corrected chi connectivity index (χ1v) is 10.9. The number of nitrogens with zero attached hydrogens (tertiary/aromatic N) is 1. The molecule has 1 atom stereocenters. The molecular formula is C18H23ClN2O7S. The molecule has 1 aromatic rings. The molecule has 0 unspecified atom stereocenters. The van der Waals surface area contributed by atoms with E-state index in [4.69, 9.17) is 16.3 Å². The van der Waals surface area contributed by atoms with Crippen molar-refractivity contribution in [2.45, 2.75) is 31.6 Å². The summed E-state index contributed by atoms with van der Waals surface area (Å²) in [7, 11) is -3.88. The number of sulfonamides is 1. The molecule has 11 heteroatoms. The minimum atomic E-state index is -3.88. The lowest BCUT2D eigenvalue weighted by Gasteiger charge is -2.30. The Morgan fingerprint density at radius 3 is 2.66 bits per heavy atom. The fraction of sp³-hybridized carbons (Fsp3) is 0.500. The largest absolute Gasteiger partial charge is 0.452 e. The molecule has 9 nitrogen and oxygen atoms in total. The first-order chi connectivity index (χ1) is 13.6. The maximum atomic E-state index is 13.0. The smallest absolute Gasteiger partial charge is 0.413 e. The maximum Gasteiger partial charge on any atom is 0.413 e. The molecular weight excluding hydrogens is 424 g/mol. The van der Waals surface area contributed by atoms with Crippen molar-refractivity contribution >= 4 is 39.6 Å². The zero-order valence-corrected chi connectivity index (χ0v) is 17.7. The Morgan fingerprint density at radius 1 is 1.28 bits per heavy atom. The van der Waals surface area contributed by atoms with Crippen LogP contribution in [-0.2, 0) is 24.3 Å². The van der Waals surface area contributed by atoms with Gasteiger partial charge in [-0.3, -0.25) is 10.1 Å². The minimum absolute atomic E-state index is 0.0140. The molecule has 1 fully saturated rings. The van der Waals surface area contributed by atoms with Crippen molar-refractivity contribution in [2.24, 2.45) is 5.92 Å². The normalized spacial score (nSPS) is 17.4. The number of amides is 2. The number of rotatable bonds is 6. The van der Waals surface area contributed by atoms with Crippen molar-refractivity contribution in [1.82, 2.24) is 9.62 Å². The average molecular weight is 447 g/mol. The van der Waals surface area contributed by atoms with Crippen LogP contribution in [0.15, 0.2) is 23.1 Å². The molecule has 160 valence electrons. The molecule has 1 N–H and O–H groups in total. The number of nitrogens with one attached hydrogen (secondary N) is 1. The van der Waals surface area contributed by atoms with E-state index in [0.717, 1.165) is 18.9 Å². The number of halogens is 1. The van der Waals surface area contributed by atoms with E-state index in [1.54, 1.807) is 6.92 Å². The van der Waals surface area contributed by atoms with E-state index in [0.29, 0.717) is 13.1 Å². The highest BCUT2D eigenvalue weighted by molar-refractivity contribution is 7.89. The number of hydrogen-bond acceptors (Lipinski definition) is 7. The lowest BCUT2D eigenvalue weighted by molar-refractivity contribution is -0.123. The van der Waals surface area contributed by atoms with Crippen LogP contribution in [-0.4, -0.2) is 57.0 Å². The van der Waals surface area contributed by atoms with Gasteiger partial charge >= 0.3 is 12.1 Å². The van der Waals surface area contributed by atoms with E-state index in [-0.39, 0.29) is 28.0 Å². The Balaban J connectivity index is 2.10. The van der Waals surface area contributed by atoms with Gasteiger partial charge in [0.15, 0.2) is 6.61 Å². The van der Waals surface area contributed by atoms with Crippen LogP contribution in [0, 0.1) is 5.92 Å². The second-order valence-corrected chi connectivity index (χ2v) is 8.91. The SMILES string of the molecule is CCOC(=O)NC(=O)COC(=O)c1ccc(Cl)c(S(=O)(=O)N2CCC[C@@H](C)C2)c1. The van der Waals surface area contributed by atoms with Crippen LogP contribution in [0.3, 0.4) is 0 Å². The summed E-state index contributed by atoms with van der Waals surface area (Å²) in [6.45, 7) is 3.65. The number of alkyl carbamates (subject to hydrolysis) is 1. The van der Waals surface area contributed by atoms with Gasteiger partial charge in [-0.25, -0.2) is 18.0 Å². The monoisotopic (exact) mass is 446 g/mol. The summed E-state index contributed by atoms with van der Waals surface area (Å²) in [5.74, 6) is -1.58. The second kappa shape index (κ2) is 10.0. The number of carbonyl (C=O) groups excluding carboxylic acids is 3. The average Bonchev–Trinajstić information content (AvgIpc) is 2.66. The molecule has 29 heavy (non-hydrogen) atoms. The van der Waals surface area contributed by atoms with E-state index in [1.165, 1.54) is 16.4 Å². The summed E-state index contributed by atoms with van der Waals surface area (Å²) in [6, 6.07) is 3.71. The van der Waals surface area contributed by atoms with Crippen LogP contribution >= 0.6 is 11.6 Å². The summed E-state index contributed by atoms with van der Waals surface area (Å²) < 4.78 is 36.6. The van der Waals surface area contributed by atoms with Gasteiger partial charge in [0.25, 0.3) is 5.91 Å². The van der Waals surface area contributed by atoms with Crippen molar-refractivity contribution < 1.29 is 32.3 Å². The standard InChI is InChI=1S/C18H23ClN2O7S/c1-3-27-18(24)20-16(22)11-28-17(23)13-6-7-14(19)15(9-13)29(25,26)21-8-4-5-12(2)10-21/h6-7,9,12H,3-5,8,10-11H2,1-2H3,(H,20,22,24)/t12-/m1/s1. The first kappa shape index (κ1) is 23.1. The molecule has 1 heterocycles. The lowest BCUT2D eigenvalue weighted by atomic mass is 10.0. The quantitative estimate of drug-likeness (QED) is 0.665. The summed E-state index contributed by atoms with van der Waals surface area (Å²) >= 11 is 6.08. The van der Waals surface area contributed by atoms with Crippen molar-refractivity contribution in [3.63, 3.8) is 0 Å². The topological polar surface area (TPSA) is 119 Å². The molecule has 1 aliphatic rings. The van der Waals surface area contributed by atoms with Gasteiger partial charge in [-0.1, -0.05) is 18.5 Å². The van der Waals surface area contributed by atoms with Gasteiger partial charge < -0.3 is 9.47 Å². The maximum absolute atomic E-state index is 13.0. The zero-order valence-electron chi connectivity index (χ0n) is 16.1. The molecule has 1 saturated heterocycles. The third-order valence-corrected chi connectivity index (χ3v) is 6.60. The van der Waals surface area contributed by atoms with Gasteiger partial charge in [0, 0.05) is 13.1 Å². The molecule has 1 aromatic carbocycles.